The van der Waals surface area contributed by atoms with Gasteiger partial charge in [0.2, 0.25) is 0 Å². The van der Waals surface area contributed by atoms with E-state index in [-0.39, 0.29) is 23.1 Å². The van der Waals surface area contributed by atoms with E-state index in [0.717, 1.165) is 21.9 Å². The Balaban J connectivity index is 1.63. The number of rotatable bonds is 8. The summed E-state index contributed by atoms with van der Waals surface area (Å²) in [5.41, 5.74) is 2.36. The van der Waals surface area contributed by atoms with E-state index in [1.807, 2.05) is 26.0 Å². The second kappa shape index (κ2) is 9.28. The van der Waals surface area contributed by atoms with Gasteiger partial charge in [0, 0.05) is 22.8 Å². The van der Waals surface area contributed by atoms with E-state index >= 15 is 0 Å². The van der Waals surface area contributed by atoms with Gasteiger partial charge in [0.1, 0.15) is 5.76 Å². The van der Waals surface area contributed by atoms with Crippen LogP contribution in [0.1, 0.15) is 27.4 Å². The summed E-state index contributed by atoms with van der Waals surface area (Å²) in [5.74, 6) is 0.948. The first kappa shape index (κ1) is 21.1. The third-order valence-electron chi connectivity index (χ3n) is 4.44. The minimum Gasteiger partial charge on any atom is -0.361 e. The maximum absolute atomic E-state index is 12.6. The SMILES string of the molecule is Cc1noc(C)c1CSc1ccccc1C(=O)NCCS(=O)(=O)c1ccccc1. The fourth-order valence-corrected chi connectivity index (χ4v) is 5.16. The topological polar surface area (TPSA) is 89.3 Å². The number of amides is 1. The average molecular weight is 431 g/mol. The molecule has 0 bridgehead atoms. The van der Waals surface area contributed by atoms with Crippen LogP contribution in [0.15, 0.2) is 68.9 Å². The van der Waals surface area contributed by atoms with Gasteiger partial charge in [0.25, 0.3) is 5.91 Å². The number of carbonyl (C=O) groups is 1. The second-order valence-corrected chi connectivity index (χ2v) is 9.60. The van der Waals surface area contributed by atoms with Gasteiger partial charge >= 0.3 is 0 Å². The third-order valence-corrected chi connectivity index (χ3v) is 7.28. The molecule has 0 unspecified atom stereocenters. The first-order valence-corrected chi connectivity index (χ1v) is 11.7. The van der Waals surface area contributed by atoms with Gasteiger partial charge in [-0.05, 0) is 38.1 Å². The molecule has 6 nitrogen and oxygen atoms in total. The van der Waals surface area contributed by atoms with Gasteiger partial charge in [-0.2, -0.15) is 0 Å². The van der Waals surface area contributed by atoms with E-state index in [9.17, 15) is 13.2 Å². The highest BCUT2D eigenvalue weighted by Gasteiger charge is 2.17. The molecule has 1 aromatic heterocycles. The zero-order chi connectivity index (χ0) is 20.9. The molecule has 8 heteroatoms. The van der Waals surface area contributed by atoms with Gasteiger partial charge in [-0.1, -0.05) is 35.5 Å². The number of aromatic nitrogens is 1. The molecule has 29 heavy (non-hydrogen) atoms. The van der Waals surface area contributed by atoms with Crippen molar-refractivity contribution in [1.82, 2.24) is 10.5 Å². The summed E-state index contributed by atoms with van der Waals surface area (Å²) < 4.78 is 29.9. The minimum atomic E-state index is -3.43. The normalized spacial score (nSPS) is 11.4. The van der Waals surface area contributed by atoms with Gasteiger partial charge in [-0.3, -0.25) is 4.79 Å². The smallest absolute Gasteiger partial charge is 0.252 e. The standard InChI is InChI=1S/C21H22N2O4S2/c1-15-19(16(2)27-23-15)14-28-20-11-7-6-10-18(20)21(24)22-12-13-29(25,26)17-8-4-3-5-9-17/h3-11H,12-14H2,1-2H3,(H,22,24). The van der Waals surface area contributed by atoms with Crippen LogP contribution in [0.4, 0.5) is 0 Å². The van der Waals surface area contributed by atoms with Crippen molar-refractivity contribution in [3.63, 3.8) is 0 Å². The average Bonchev–Trinajstić information content (AvgIpc) is 3.04. The maximum Gasteiger partial charge on any atom is 0.252 e. The second-order valence-electron chi connectivity index (χ2n) is 6.48. The number of aryl methyl sites for hydroxylation is 2. The predicted molar refractivity (Wildman–Crippen MR) is 113 cm³/mol. The molecule has 0 saturated heterocycles. The first-order chi connectivity index (χ1) is 13.9. The Kier molecular flexibility index (Phi) is 6.76. The number of hydrogen-bond acceptors (Lipinski definition) is 6. The molecule has 0 aliphatic heterocycles. The summed E-state index contributed by atoms with van der Waals surface area (Å²) in [7, 11) is -3.43. The van der Waals surface area contributed by atoms with Crippen molar-refractivity contribution < 1.29 is 17.7 Å². The largest absolute Gasteiger partial charge is 0.361 e. The lowest BCUT2D eigenvalue weighted by Gasteiger charge is -2.10. The third kappa shape index (κ3) is 5.27. The van der Waals surface area contributed by atoms with Crippen LogP contribution in [0.2, 0.25) is 0 Å². The van der Waals surface area contributed by atoms with E-state index in [0.29, 0.717) is 11.3 Å². The highest BCUT2D eigenvalue weighted by atomic mass is 32.2. The molecule has 1 N–H and O–H groups in total. The minimum absolute atomic E-state index is 0.0406. The lowest BCUT2D eigenvalue weighted by atomic mass is 10.2. The van der Waals surface area contributed by atoms with Crippen molar-refractivity contribution in [3.05, 3.63) is 77.2 Å². The predicted octanol–water partition coefficient (Wildman–Crippen LogP) is 3.79. The molecule has 0 aliphatic rings. The number of hydrogen-bond donors (Lipinski definition) is 1. The summed E-state index contributed by atoms with van der Waals surface area (Å²) in [4.78, 5) is 13.7. The van der Waals surface area contributed by atoms with Gasteiger partial charge in [0.15, 0.2) is 9.84 Å². The number of benzene rings is 2. The number of nitrogens with zero attached hydrogens (tertiary/aromatic N) is 1. The highest BCUT2D eigenvalue weighted by molar-refractivity contribution is 7.98. The van der Waals surface area contributed by atoms with E-state index in [1.54, 1.807) is 42.5 Å². The van der Waals surface area contributed by atoms with E-state index < -0.39 is 9.84 Å². The number of sulfone groups is 1. The fourth-order valence-electron chi connectivity index (χ4n) is 2.78. The van der Waals surface area contributed by atoms with Gasteiger partial charge in [0.05, 0.1) is 21.9 Å². The maximum atomic E-state index is 12.6. The van der Waals surface area contributed by atoms with Crippen LogP contribution < -0.4 is 5.32 Å². The molecule has 3 rings (SSSR count). The molecule has 0 fully saturated rings. The summed E-state index contributed by atoms with van der Waals surface area (Å²) >= 11 is 1.52. The molecule has 0 atom stereocenters. The Morgan fingerprint density at radius 2 is 1.76 bits per heavy atom. The summed E-state index contributed by atoms with van der Waals surface area (Å²) in [5, 5.41) is 6.67. The van der Waals surface area contributed by atoms with Gasteiger partial charge < -0.3 is 9.84 Å². The lowest BCUT2D eigenvalue weighted by molar-refractivity contribution is 0.0953. The van der Waals surface area contributed by atoms with E-state index in [4.69, 9.17) is 4.52 Å². The number of nitrogens with one attached hydrogen (secondary N) is 1. The van der Waals surface area contributed by atoms with Crippen LogP contribution in [0, 0.1) is 13.8 Å². The molecular formula is C21H22N2O4S2. The molecular weight excluding hydrogens is 408 g/mol. The fraction of sp³-hybridized carbons (Fsp3) is 0.238. The van der Waals surface area contributed by atoms with E-state index in [2.05, 4.69) is 10.5 Å². The van der Waals surface area contributed by atoms with Gasteiger partial charge in [-0.15, -0.1) is 11.8 Å². The Bertz CT molecular complexity index is 1070. The van der Waals surface area contributed by atoms with Crippen molar-refractivity contribution in [2.24, 2.45) is 0 Å². The first-order valence-electron chi connectivity index (χ1n) is 9.08. The summed E-state index contributed by atoms with van der Waals surface area (Å²) in [6.45, 7) is 3.79. The molecule has 0 radical (unpaired) electrons. The molecule has 0 saturated carbocycles. The quantitative estimate of drug-likeness (QED) is 0.547. The van der Waals surface area contributed by atoms with Crippen LogP contribution in [0.25, 0.3) is 0 Å². The van der Waals surface area contributed by atoms with Crippen molar-refractivity contribution in [1.29, 1.82) is 0 Å². The van der Waals surface area contributed by atoms with Crippen molar-refractivity contribution in [2.45, 2.75) is 29.4 Å². The van der Waals surface area contributed by atoms with E-state index in [1.165, 1.54) is 11.8 Å². The van der Waals surface area contributed by atoms with Crippen LogP contribution in [0.5, 0.6) is 0 Å². The van der Waals surface area contributed by atoms with Crippen LogP contribution in [0.3, 0.4) is 0 Å². The Morgan fingerprint density at radius 1 is 1.07 bits per heavy atom. The summed E-state index contributed by atoms with van der Waals surface area (Å²) in [6.07, 6.45) is 0. The zero-order valence-electron chi connectivity index (χ0n) is 16.2. The van der Waals surface area contributed by atoms with Crippen molar-refractivity contribution in [2.75, 3.05) is 12.3 Å². The Morgan fingerprint density at radius 3 is 2.45 bits per heavy atom. The molecule has 1 heterocycles. The van der Waals surface area contributed by atoms with Crippen molar-refractivity contribution in [3.8, 4) is 0 Å². The molecule has 2 aromatic carbocycles. The molecule has 1 amide bonds. The van der Waals surface area contributed by atoms with Crippen LogP contribution in [-0.4, -0.2) is 31.8 Å². The molecule has 0 aliphatic carbocycles. The van der Waals surface area contributed by atoms with Crippen LogP contribution in [-0.2, 0) is 15.6 Å². The Hall–Kier alpha value is -2.58. The van der Waals surface area contributed by atoms with Crippen LogP contribution >= 0.6 is 11.8 Å². The lowest BCUT2D eigenvalue weighted by Crippen LogP contribution is -2.29. The molecule has 152 valence electrons. The monoisotopic (exact) mass is 430 g/mol. The number of thioether (sulfide) groups is 1. The number of carbonyl (C=O) groups excluding carboxylic acids is 1. The highest BCUT2D eigenvalue weighted by Crippen LogP contribution is 2.28. The zero-order valence-corrected chi connectivity index (χ0v) is 17.8. The summed E-state index contributed by atoms with van der Waals surface area (Å²) in [6, 6.07) is 15.5. The van der Waals surface area contributed by atoms with Crippen molar-refractivity contribution >= 4 is 27.5 Å². The molecule has 3 aromatic rings. The molecule has 0 spiro atoms. The Labute approximate surface area is 174 Å². The van der Waals surface area contributed by atoms with Gasteiger partial charge in [-0.25, -0.2) is 8.42 Å².